The number of hydrogen-bond acceptors (Lipinski definition) is 6. The predicted molar refractivity (Wildman–Crippen MR) is 77.1 cm³/mol. The van der Waals surface area contributed by atoms with Crippen molar-refractivity contribution in [2.24, 2.45) is 0 Å². The number of anilines is 1. The van der Waals surface area contributed by atoms with Crippen LogP contribution in [0, 0.1) is 0 Å². The minimum atomic E-state index is -3.16. The lowest BCUT2D eigenvalue weighted by Gasteiger charge is -2.32. The number of nitrogens with zero attached hydrogens (tertiary/aromatic N) is 3. The Hall–Kier alpha value is -1.19. The smallest absolute Gasteiger partial charge is 0.347 e. The van der Waals surface area contributed by atoms with Crippen molar-refractivity contribution in [3.05, 3.63) is 10.6 Å². The van der Waals surface area contributed by atoms with Crippen LogP contribution in [-0.4, -0.2) is 61.2 Å². The number of carboxylic acids is 1. The van der Waals surface area contributed by atoms with E-state index in [0.29, 0.717) is 43.4 Å². The Morgan fingerprint density at radius 2 is 1.95 bits per heavy atom. The van der Waals surface area contributed by atoms with Crippen molar-refractivity contribution in [3.63, 3.8) is 0 Å². The lowest BCUT2D eigenvalue weighted by molar-refractivity contribution is 0.0701. The number of aromatic nitrogens is 1. The van der Waals surface area contributed by atoms with Crippen molar-refractivity contribution in [2.75, 3.05) is 37.3 Å². The average molecular weight is 319 g/mol. The van der Waals surface area contributed by atoms with Crippen LogP contribution in [0.2, 0.25) is 0 Å². The molecule has 0 spiro atoms. The summed E-state index contributed by atoms with van der Waals surface area (Å²) >= 11 is 1.15. The summed E-state index contributed by atoms with van der Waals surface area (Å²) in [6.07, 6.45) is 1.77. The summed E-state index contributed by atoms with van der Waals surface area (Å²) in [5.74, 6) is -0.958. The molecule has 20 heavy (non-hydrogen) atoms. The van der Waals surface area contributed by atoms with E-state index in [1.165, 1.54) is 10.6 Å². The Balaban J connectivity index is 2.13. The first kappa shape index (κ1) is 15.2. The molecular weight excluding hydrogens is 302 g/mol. The zero-order chi connectivity index (χ0) is 14.9. The molecule has 0 radical (unpaired) electrons. The maximum atomic E-state index is 11.4. The van der Waals surface area contributed by atoms with E-state index in [1.807, 2.05) is 11.8 Å². The van der Waals surface area contributed by atoms with Gasteiger partial charge in [-0.2, -0.15) is 4.31 Å². The predicted octanol–water partition coefficient (Wildman–Crippen LogP) is 0.485. The number of sulfonamides is 1. The maximum Gasteiger partial charge on any atom is 0.347 e. The monoisotopic (exact) mass is 319 g/mol. The van der Waals surface area contributed by atoms with E-state index in [9.17, 15) is 13.2 Å². The van der Waals surface area contributed by atoms with Crippen molar-refractivity contribution >= 4 is 32.5 Å². The average Bonchev–Trinajstić information content (AvgIpc) is 2.82. The van der Waals surface area contributed by atoms with Crippen molar-refractivity contribution in [3.8, 4) is 0 Å². The van der Waals surface area contributed by atoms with Gasteiger partial charge in [0, 0.05) is 26.2 Å². The third-order valence-electron chi connectivity index (χ3n) is 3.19. The summed E-state index contributed by atoms with van der Waals surface area (Å²) in [5.41, 5.74) is 0.586. The van der Waals surface area contributed by atoms with Gasteiger partial charge in [0.05, 0.1) is 11.9 Å². The lowest BCUT2D eigenvalue weighted by atomic mass is 10.3. The number of aryl methyl sites for hydroxylation is 1. The Bertz CT molecular complexity index is 603. The van der Waals surface area contributed by atoms with Crippen LogP contribution in [0.15, 0.2) is 0 Å². The van der Waals surface area contributed by atoms with E-state index in [1.54, 1.807) is 0 Å². The largest absolute Gasteiger partial charge is 0.477 e. The molecule has 0 amide bonds. The van der Waals surface area contributed by atoms with E-state index in [0.717, 1.165) is 11.3 Å². The van der Waals surface area contributed by atoms with Gasteiger partial charge < -0.3 is 10.0 Å². The van der Waals surface area contributed by atoms with Gasteiger partial charge in [0.15, 0.2) is 5.13 Å². The highest BCUT2D eigenvalue weighted by Gasteiger charge is 2.26. The van der Waals surface area contributed by atoms with Crippen LogP contribution in [0.1, 0.15) is 22.3 Å². The topological polar surface area (TPSA) is 90.8 Å². The second-order valence-electron chi connectivity index (χ2n) is 4.58. The number of carbonyl (C=O) groups is 1. The van der Waals surface area contributed by atoms with Gasteiger partial charge >= 0.3 is 5.97 Å². The van der Waals surface area contributed by atoms with Gasteiger partial charge in [-0.05, 0) is 6.42 Å². The molecule has 1 saturated heterocycles. The van der Waals surface area contributed by atoms with Crippen molar-refractivity contribution in [1.29, 1.82) is 0 Å². The number of piperazine rings is 1. The quantitative estimate of drug-likeness (QED) is 0.868. The highest BCUT2D eigenvalue weighted by molar-refractivity contribution is 7.88. The van der Waals surface area contributed by atoms with Crippen LogP contribution < -0.4 is 4.90 Å². The summed E-state index contributed by atoms with van der Waals surface area (Å²) < 4.78 is 24.3. The molecule has 0 saturated carbocycles. The van der Waals surface area contributed by atoms with Crippen LogP contribution in [-0.2, 0) is 16.4 Å². The number of carboxylic acid groups (broad SMARTS) is 1. The van der Waals surface area contributed by atoms with Crippen LogP contribution in [0.25, 0.3) is 0 Å². The second kappa shape index (κ2) is 5.66. The molecular formula is C11H17N3O4S2. The van der Waals surface area contributed by atoms with E-state index >= 15 is 0 Å². The number of aromatic carboxylic acids is 1. The number of rotatable bonds is 4. The van der Waals surface area contributed by atoms with E-state index in [4.69, 9.17) is 5.11 Å². The molecule has 0 aromatic carbocycles. The molecule has 2 heterocycles. The van der Waals surface area contributed by atoms with Crippen LogP contribution in [0.4, 0.5) is 5.13 Å². The fourth-order valence-corrected chi connectivity index (χ4v) is 3.96. The maximum absolute atomic E-state index is 11.4. The zero-order valence-corrected chi connectivity index (χ0v) is 13.0. The summed E-state index contributed by atoms with van der Waals surface area (Å²) in [6, 6.07) is 0. The van der Waals surface area contributed by atoms with E-state index in [-0.39, 0.29) is 4.88 Å². The first-order valence-electron chi connectivity index (χ1n) is 6.26. The van der Waals surface area contributed by atoms with Crippen LogP contribution in [0.5, 0.6) is 0 Å². The SMILES string of the molecule is CCc1nc(N2CCN(S(C)(=O)=O)CC2)sc1C(=O)O. The molecule has 1 aromatic heterocycles. The van der Waals surface area contributed by atoms with Crippen molar-refractivity contribution in [2.45, 2.75) is 13.3 Å². The fraction of sp³-hybridized carbons (Fsp3) is 0.636. The number of hydrogen-bond donors (Lipinski definition) is 1. The zero-order valence-electron chi connectivity index (χ0n) is 11.4. The summed E-state index contributed by atoms with van der Waals surface area (Å²) in [5, 5.41) is 9.78. The van der Waals surface area contributed by atoms with E-state index < -0.39 is 16.0 Å². The first-order chi connectivity index (χ1) is 9.32. The molecule has 0 atom stereocenters. The molecule has 7 nitrogen and oxygen atoms in total. The van der Waals surface area contributed by atoms with E-state index in [2.05, 4.69) is 4.98 Å². The van der Waals surface area contributed by atoms with Gasteiger partial charge in [-0.1, -0.05) is 18.3 Å². The number of thiazole rings is 1. The van der Waals surface area contributed by atoms with Crippen molar-refractivity contribution < 1.29 is 18.3 Å². The van der Waals surface area contributed by atoms with Gasteiger partial charge in [-0.15, -0.1) is 0 Å². The molecule has 1 N–H and O–H groups in total. The molecule has 0 aliphatic carbocycles. The minimum Gasteiger partial charge on any atom is -0.477 e. The Morgan fingerprint density at radius 1 is 1.35 bits per heavy atom. The normalized spacial score (nSPS) is 17.4. The van der Waals surface area contributed by atoms with Gasteiger partial charge in [-0.3, -0.25) is 0 Å². The van der Waals surface area contributed by atoms with Gasteiger partial charge in [0.1, 0.15) is 4.88 Å². The van der Waals surface area contributed by atoms with Gasteiger partial charge in [-0.25, -0.2) is 18.2 Å². The van der Waals surface area contributed by atoms with Crippen molar-refractivity contribution in [1.82, 2.24) is 9.29 Å². The highest BCUT2D eigenvalue weighted by atomic mass is 32.2. The molecule has 0 unspecified atom stereocenters. The highest BCUT2D eigenvalue weighted by Crippen LogP contribution is 2.27. The Labute approximate surface area is 121 Å². The Kier molecular flexibility index (Phi) is 4.31. The van der Waals surface area contributed by atoms with Gasteiger partial charge in [0.25, 0.3) is 0 Å². The molecule has 1 aromatic rings. The molecule has 1 aliphatic rings. The fourth-order valence-electron chi connectivity index (χ4n) is 2.09. The molecule has 112 valence electrons. The lowest BCUT2D eigenvalue weighted by Crippen LogP contribution is -2.48. The minimum absolute atomic E-state index is 0.271. The molecule has 1 fully saturated rings. The van der Waals surface area contributed by atoms with Crippen LogP contribution in [0.3, 0.4) is 0 Å². The first-order valence-corrected chi connectivity index (χ1v) is 8.92. The molecule has 0 bridgehead atoms. The molecule has 9 heteroatoms. The third-order valence-corrected chi connectivity index (χ3v) is 5.64. The van der Waals surface area contributed by atoms with Gasteiger partial charge in [0.2, 0.25) is 10.0 Å². The van der Waals surface area contributed by atoms with Crippen LogP contribution >= 0.6 is 11.3 Å². The summed E-state index contributed by atoms with van der Waals surface area (Å²) in [4.78, 5) is 17.7. The standard InChI is InChI=1S/C11H17N3O4S2/c1-3-8-9(10(15)16)19-11(12-8)13-4-6-14(7-5-13)20(2,17)18/h3-7H2,1-2H3,(H,15,16). The summed E-state index contributed by atoms with van der Waals surface area (Å²) in [6.45, 7) is 3.74. The third kappa shape index (κ3) is 3.10. The Morgan fingerprint density at radius 3 is 2.35 bits per heavy atom. The molecule has 2 rings (SSSR count). The molecule has 1 aliphatic heterocycles. The summed E-state index contributed by atoms with van der Waals surface area (Å²) in [7, 11) is -3.16. The second-order valence-corrected chi connectivity index (χ2v) is 7.54.